The number of halogens is 8. The Kier molecular flexibility index (Phi) is 4.79. The third-order valence-corrected chi connectivity index (χ3v) is 2.33. The van der Waals surface area contributed by atoms with Gasteiger partial charge in [-0.25, -0.2) is 31.1 Å². The zero-order valence-corrected chi connectivity index (χ0v) is 10.4. The van der Waals surface area contributed by atoms with Crippen molar-refractivity contribution in [1.82, 2.24) is 0 Å². The van der Waals surface area contributed by atoms with Crippen LogP contribution in [0.1, 0.15) is 5.56 Å². The van der Waals surface area contributed by atoms with Gasteiger partial charge in [0.25, 0.3) is 0 Å². The van der Waals surface area contributed by atoms with E-state index in [1.54, 1.807) is 0 Å². The molecule has 0 bridgehead atoms. The van der Waals surface area contributed by atoms with E-state index < -0.39 is 62.8 Å². The second-order valence-electron chi connectivity index (χ2n) is 3.34. The molecule has 1 aromatic rings. The Bertz CT molecular complexity index is 756. The molecule has 1 aromatic carbocycles. The first kappa shape index (κ1) is 17.9. The van der Waals surface area contributed by atoms with Crippen molar-refractivity contribution in [2.24, 2.45) is 0 Å². The molecule has 0 heterocycles. The third-order valence-electron chi connectivity index (χ3n) is 1.98. The average Bonchev–Trinajstić information content (AvgIpc) is 2.40. The van der Waals surface area contributed by atoms with E-state index in [-0.39, 0.29) is 0 Å². The predicted octanol–water partition coefficient (Wildman–Crippen LogP) is 2.75. The van der Waals surface area contributed by atoms with Crippen LogP contribution in [-0.2, 0) is 19.5 Å². The summed E-state index contributed by atoms with van der Waals surface area (Å²) in [5.41, 5.74) is -2.50. The van der Waals surface area contributed by atoms with Crippen LogP contribution in [0.4, 0.5) is 34.6 Å². The van der Waals surface area contributed by atoms with Crippen LogP contribution in [0.25, 0.3) is 5.83 Å². The molecular weight excluding hydrogens is 356 g/mol. The van der Waals surface area contributed by atoms with Gasteiger partial charge >= 0.3 is 16.5 Å². The molecule has 0 amide bonds. The number of carbonyl (C=O) groups is 1. The summed E-state index contributed by atoms with van der Waals surface area (Å²) in [6.07, 6.45) is 0. The van der Waals surface area contributed by atoms with Gasteiger partial charge < -0.3 is 4.18 Å². The van der Waals surface area contributed by atoms with Crippen molar-refractivity contribution in [3.05, 3.63) is 40.5 Å². The lowest BCUT2D eigenvalue weighted by Crippen LogP contribution is -2.12. The second kappa shape index (κ2) is 5.90. The van der Waals surface area contributed by atoms with Gasteiger partial charge in [-0.3, -0.25) is 0 Å². The number of benzene rings is 1. The molecule has 122 valence electrons. The van der Waals surface area contributed by atoms with Crippen LogP contribution in [0.3, 0.4) is 0 Å². The van der Waals surface area contributed by atoms with Crippen molar-refractivity contribution in [3.8, 4) is 0 Å². The first-order valence-corrected chi connectivity index (χ1v) is 5.94. The fraction of sp³-hybridized carbons (Fsp3) is 0. The van der Waals surface area contributed by atoms with Crippen LogP contribution in [0.2, 0.25) is 0 Å². The van der Waals surface area contributed by atoms with Gasteiger partial charge in [-0.1, -0.05) is 3.89 Å². The standard InChI is InChI=1S/C9F8O4S/c10-2-1(3(11)6(14)7(15)5(2)13)4(12)8(16)9(18)21-22(17,19)20. The van der Waals surface area contributed by atoms with Crippen LogP contribution in [0, 0.1) is 29.1 Å². The highest BCUT2D eigenvalue weighted by Gasteiger charge is 2.33. The van der Waals surface area contributed by atoms with E-state index in [0.717, 1.165) is 0 Å². The Hall–Kier alpha value is -2.18. The first-order valence-electron chi connectivity index (χ1n) is 4.64. The molecule has 0 saturated heterocycles. The molecule has 0 radical (unpaired) electrons. The van der Waals surface area contributed by atoms with E-state index in [0.29, 0.717) is 0 Å². The van der Waals surface area contributed by atoms with Crippen LogP contribution in [0.15, 0.2) is 5.83 Å². The summed E-state index contributed by atoms with van der Waals surface area (Å²) in [5.74, 6) is -22.7. The predicted molar refractivity (Wildman–Crippen MR) is 51.5 cm³/mol. The zero-order valence-electron chi connectivity index (χ0n) is 9.56. The largest absolute Gasteiger partial charge is 0.491 e. The van der Waals surface area contributed by atoms with Crippen LogP contribution < -0.4 is 0 Å². The van der Waals surface area contributed by atoms with E-state index in [9.17, 15) is 47.8 Å². The van der Waals surface area contributed by atoms with Crippen molar-refractivity contribution in [2.75, 3.05) is 0 Å². The van der Waals surface area contributed by atoms with Crippen molar-refractivity contribution in [1.29, 1.82) is 0 Å². The molecule has 0 atom stereocenters. The Morgan fingerprint density at radius 1 is 0.818 bits per heavy atom. The van der Waals surface area contributed by atoms with Gasteiger partial charge in [-0.2, -0.15) is 12.8 Å². The zero-order chi connectivity index (χ0) is 17.4. The topological polar surface area (TPSA) is 60.4 Å². The molecule has 0 saturated carbocycles. The lowest BCUT2D eigenvalue weighted by atomic mass is 10.1. The Morgan fingerprint density at radius 2 is 1.18 bits per heavy atom. The highest BCUT2D eigenvalue weighted by Crippen LogP contribution is 2.31. The molecule has 0 N–H and O–H groups in total. The van der Waals surface area contributed by atoms with Crippen LogP contribution in [-0.4, -0.2) is 14.4 Å². The molecule has 0 aliphatic rings. The maximum atomic E-state index is 13.3. The number of rotatable bonds is 3. The summed E-state index contributed by atoms with van der Waals surface area (Å²) in [6, 6.07) is 0. The first-order chi connectivity index (χ1) is 9.88. The van der Waals surface area contributed by atoms with E-state index in [2.05, 4.69) is 4.18 Å². The molecule has 22 heavy (non-hydrogen) atoms. The minimum atomic E-state index is -6.11. The monoisotopic (exact) mass is 356 g/mol. The van der Waals surface area contributed by atoms with Crippen molar-refractivity contribution < 1.29 is 52.0 Å². The minimum Gasteiger partial charge on any atom is -0.314 e. The molecule has 0 aliphatic carbocycles. The van der Waals surface area contributed by atoms with E-state index in [4.69, 9.17) is 0 Å². The third kappa shape index (κ3) is 3.35. The minimum absolute atomic E-state index is 2.50. The average molecular weight is 356 g/mol. The van der Waals surface area contributed by atoms with Crippen LogP contribution in [0.5, 0.6) is 0 Å². The maximum Gasteiger partial charge on any atom is 0.491 e. The molecule has 4 nitrogen and oxygen atoms in total. The lowest BCUT2D eigenvalue weighted by Gasteiger charge is -2.06. The fourth-order valence-electron chi connectivity index (χ4n) is 1.12. The van der Waals surface area contributed by atoms with Gasteiger partial charge in [0.2, 0.25) is 11.6 Å². The second-order valence-corrected chi connectivity index (χ2v) is 4.29. The molecule has 0 spiro atoms. The molecule has 0 aliphatic heterocycles. The van der Waals surface area contributed by atoms with Gasteiger partial charge in [0.15, 0.2) is 29.1 Å². The lowest BCUT2D eigenvalue weighted by molar-refractivity contribution is -0.131. The smallest absolute Gasteiger partial charge is 0.314 e. The summed E-state index contributed by atoms with van der Waals surface area (Å²) >= 11 is 0. The summed E-state index contributed by atoms with van der Waals surface area (Å²) in [4.78, 5) is 10.6. The molecule has 1 rings (SSSR count). The molecule has 0 unspecified atom stereocenters. The molecular formula is C9F8O4S. The van der Waals surface area contributed by atoms with Crippen molar-refractivity contribution in [2.45, 2.75) is 0 Å². The number of hydrogen-bond acceptors (Lipinski definition) is 4. The highest BCUT2D eigenvalue weighted by atomic mass is 32.3. The van der Waals surface area contributed by atoms with Crippen molar-refractivity contribution >= 4 is 22.3 Å². The Morgan fingerprint density at radius 3 is 1.55 bits per heavy atom. The summed E-state index contributed by atoms with van der Waals surface area (Å²) < 4.78 is 125. The van der Waals surface area contributed by atoms with Gasteiger partial charge in [-0.05, 0) is 0 Å². The number of hydrogen-bond donors (Lipinski definition) is 0. The van der Waals surface area contributed by atoms with Gasteiger partial charge in [0, 0.05) is 0 Å². The van der Waals surface area contributed by atoms with Crippen molar-refractivity contribution in [3.63, 3.8) is 0 Å². The summed E-state index contributed by atoms with van der Waals surface area (Å²) in [7, 11) is -6.11. The van der Waals surface area contributed by atoms with Crippen LogP contribution >= 0.6 is 0 Å². The molecule has 0 aromatic heterocycles. The SMILES string of the molecule is O=C(OS(=O)(=O)F)C(F)=C(F)c1c(F)c(F)c(F)c(F)c1F. The molecule has 13 heteroatoms. The Balaban J connectivity index is 3.55. The summed E-state index contributed by atoms with van der Waals surface area (Å²) in [6.45, 7) is 0. The van der Waals surface area contributed by atoms with Gasteiger partial charge in [-0.15, -0.1) is 0 Å². The maximum absolute atomic E-state index is 13.3. The normalized spacial score (nSPS) is 12.9. The number of carbonyl (C=O) groups excluding carboxylic acids is 1. The van der Waals surface area contributed by atoms with E-state index in [1.165, 1.54) is 0 Å². The highest BCUT2D eigenvalue weighted by molar-refractivity contribution is 7.81. The quantitative estimate of drug-likeness (QED) is 0.275. The van der Waals surface area contributed by atoms with Gasteiger partial charge in [0.05, 0.1) is 5.56 Å². The van der Waals surface area contributed by atoms with Gasteiger partial charge in [0.1, 0.15) is 0 Å². The summed E-state index contributed by atoms with van der Waals surface area (Å²) in [5, 5.41) is 0. The Labute approximate surface area is 116 Å². The van der Waals surface area contributed by atoms with E-state index >= 15 is 0 Å². The fourth-order valence-corrected chi connectivity index (χ4v) is 1.38. The van der Waals surface area contributed by atoms with E-state index in [1.807, 2.05) is 0 Å². The molecule has 0 fully saturated rings.